The number of ether oxygens (including phenoxy) is 1. The van der Waals surface area contributed by atoms with Crippen LogP contribution in [-0.4, -0.2) is 54.5 Å². The van der Waals surface area contributed by atoms with Crippen molar-refractivity contribution in [3.63, 3.8) is 0 Å². The number of amides is 1. The molecule has 2 N–H and O–H groups in total. The summed E-state index contributed by atoms with van der Waals surface area (Å²) >= 11 is 2.21. The molecule has 9 nitrogen and oxygen atoms in total. The van der Waals surface area contributed by atoms with Crippen LogP contribution in [0.15, 0.2) is 23.3 Å². The molecule has 4 rings (SSSR count). The van der Waals surface area contributed by atoms with Gasteiger partial charge in [-0.15, -0.1) is 0 Å². The van der Waals surface area contributed by atoms with Crippen molar-refractivity contribution in [2.24, 2.45) is 28.3 Å². The minimum atomic E-state index is -0.644. The predicted molar refractivity (Wildman–Crippen MR) is 142 cm³/mol. The fourth-order valence-electron chi connectivity index (χ4n) is 5.85. The number of para-hydroxylation sites is 1. The van der Waals surface area contributed by atoms with E-state index in [4.69, 9.17) is 15.1 Å². The van der Waals surface area contributed by atoms with E-state index < -0.39 is 12.2 Å². The number of fused-ring (bicyclic) bond motifs is 2. The van der Waals surface area contributed by atoms with Crippen LogP contribution in [0.5, 0.6) is 5.75 Å². The van der Waals surface area contributed by atoms with E-state index in [0.29, 0.717) is 29.7 Å². The Hall–Kier alpha value is -1.59. The van der Waals surface area contributed by atoms with Gasteiger partial charge in [-0.05, 0) is 77.1 Å². The van der Waals surface area contributed by atoms with Crippen LogP contribution in [-0.2, 0) is 16.2 Å². The molecule has 6 atom stereocenters. The molecule has 35 heavy (non-hydrogen) atoms. The van der Waals surface area contributed by atoms with E-state index in [-0.39, 0.29) is 31.5 Å². The smallest absolute Gasteiger partial charge is 0.236 e. The minimum absolute atomic E-state index is 0.0170. The zero-order chi connectivity index (χ0) is 25.8. The Balaban J connectivity index is 1.73. The van der Waals surface area contributed by atoms with Crippen LogP contribution < -0.4 is 10.1 Å². The lowest BCUT2D eigenvalue weighted by Crippen LogP contribution is -2.61. The number of nitrogens with zero attached hydrogens (tertiary/aromatic N) is 4. The first kappa shape index (κ1) is 28.0. The number of carbonyl (C=O) groups excluding carboxylic acids is 1. The van der Waals surface area contributed by atoms with Crippen molar-refractivity contribution >= 4 is 28.5 Å². The summed E-state index contributed by atoms with van der Waals surface area (Å²) in [6.07, 6.45) is 1.33. The molecule has 3 saturated carbocycles. The largest absolute Gasteiger partial charge is 0.495 e. The van der Waals surface area contributed by atoms with Crippen molar-refractivity contribution in [3.8, 4) is 5.75 Å². The molecule has 3 fully saturated rings. The molecule has 0 unspecified atom stereocenters. The second-order valence-corrected chi connectivity index (χ2v) is 11.7. The number of hydroxylamine groups is 2. The molecule has 0 radical (unpaired) electrons. The Morgan fingerprint density at radius 3 is 2.77 bits per heavy atom. The molecule has 1 aromatic carbocycles. The summed E-state index contributed by atoms with van der Waals surface area (Å²) < 4.78 is 6.55. The van der Waals surface area contributed by atoms with Crippen molar-refractivity contribution < 1.29 is 19.5 Å². The summed E-state index contributed by atoms with van der Waals surface area (Å²) in [5.41, 5.74) is 10.0. The molecule has 1 amide bonds. The lowest BCUT2D eigenvalue weighted by Gasteiger charge is -2.62. The van der Waals surface area contributed by atoms with Crippen molar-refractivity contribution in [2.45, 2.75) is 71.8 Å². The van der Waals surface area contributed by atoms with Crippen LogP contribution in [0.1, 0.15) is 52.5 Å². The fourth-order valence-corrected chi connectivity index (χ4v) is 6.62. The number of benzene rings is 1. The van der Waals surface area contributed by atoms with Crippen LogP contribution in [0.25, 0.3) is 10.4 Å². The third-order valence-electron chi connectivity index (χ3n) is 7.87. The van der Waals surface area contributed by atoms with Crippen molar-refractivity contribution in [1.29, 1.82) is 0 Å². The second-order valence-electron chi connectivity index (χ2n) is 10.6. The highest BCUT2D eigenvalue weighted by molar-refractivity contribution is 14.1. The number of aliphatic hydroxyl groups is 1. The Morgan fingerprint density at radius 2 is 2.17 bits per heavy atom. The molecule has 3 aliphatic rings. The number of hydrogen-bond acceptors (Lipinski definition) is 6. The van der Waals surface area contributed by atoms with E-state index >= 15 is 0 Å². The van der Waals surface area contributed by atoms with Crippen LogP contribution in [0.4, 0.5) is 0 Å². The highest BCUT2D eigenvalue weighted by Gasteiger charge is 2.56. The molecule has 0 saturated heterocycles. The fraction of sp³-hybridized carbons (Fsp3) is 0.720. The molecule has 10 heteroatoms. The molecule has 194 valence electrons. The van der Waals surface area contributed by atoms with Crippen LogP contribution in [0.3, 0.4) is 0 Å². The Kier molecular flexibility index (Phi) is 9.67. The summed E-state index contributed by atoms with van der Waals surface area (Å²) in [5, 5.41) is 18.4. The topological polar surface area (TPSA) is 120 Å². The maximum atomic E-state index is 13.2. The van der Waals surface area contributed by atoms with Gasteiger partial charge < -0.3 is 15.2 Å². The monoisotopic (exact) mass is 599 g/mol. The third kappa shape index (κ3) is 6.80. The average molecular weight is 600 g/mol. The van der Waals surface area contributed by atoms with E-state index in [1.807, 2.05) is 18.2 Å². The first-order chi connectivity index (χ1) is 16.6. The summed E-state index contributed by atoms with van der Waals surface area (Å²) in [4.78, 5) is 22.2. The van der Waals surface area contributed by atoms with Crippen molar-refractivity contribution in [2.75, 3.05) is 20.2 Å². The third-order valence-corrected chi connectivity index (χ3v) is 8.72. The number of nitrogens with one attached hydrogen (secondary N) is 1. The first-order valence-corrected chi connectivity index (χ1v) is 13.4. The molecule has 0 heterocycles. The highest BCUT2D eigenvalue weighted by atomic mass is 127. The van der Waals surface area contributed by atoms with Gasteiger partial charge in [-0.2, -0.15) is 5.06 Å². The van der Waals surface area contributed by atoms with Gasteiger partial charge in [0.1, 0.15) is 12.3 Å². The van der Waals surface area contributed by atoms with Crippen LogP contribution in [0, 0.1) is 26.7 Å². The number of hydrogen-bond donors (Lipinski definition) is 2. The summed E-state index contributed by atoms with van der Waals surface area (Å²) in [5.74, 6) is 2.33. The average Bonchev–Trinajstić information content (AvgIpc) is 2.78. The normalized spacial score (nSPS) is 26.3. The lowest BCUT2D eigenvalue weighted by atomic mass is 9.45. The van der Waals surface area contributed by atoms with Gasteiger partial charge >= 0.3 is 0 Å². The van der Waals surface area contributed by atoms with E-state index in [9.17, 15) is 9.90 Å². The number of rotatable bonds is 12. The van der Waals surface area contributed by atoms with Crippen LogP contribution in [0.2, 0.25) is 0 Å². The molecular formula is C25H38IN5O4. The van der Waals surface area contributed by atoms with Crippen molar-refractivity contribution in [1.82, 2.24) is 10.4 Å². The SMILES string of the molecule is COc1c(I)cccc1CN(CC(=O)N[C@H]1C[C@H]2C[C@@H]([C@@H]1C)C2(C)C)O[C@@H](CN=[N+]=[N-])C[C@H](C)O. The van der Waals surface area contributed by atoms with E-state index in [1.165, 1.54) is 6.42 Å². The quantitative estimate of drug-likeness (QED) is 0.119. The maximum Gasteiger partial charge on any atom is 0.236 e. The van der Waals surface area contributed by atoms with Gasteiger partial charge in [-0.3, -0.25) is 9.63 Å². The second kappa shape index (κ2) is 12.1. The van der Waals surface area contributed by atoms with Crippen molar-refractivity contribution in [3.05, 3.63) is 37.8 Å². The van der Waals surface area contributed by atoms with E-state index in [2.05, 4.69) is 58.7 Å². The molecule has 0 aromatic heterocycles. The predicted octanol–water partition coefficient (Wildman–Crippen LogP) is 4.67. The summed E-state index contributed by atoms with van der Waals surface area (Å²) in [6.45, 7) is 8.97. The highest BCUT2D eigenvalue weighted by Crippen LogP contribution is 2.61. The van der Waals surface area contributed by atoms with Crippen LogP contribution >= 0.6 is 22.6 Å². The lowest BCUT2D eigenvalue weighted by molar-refractivity contribution is -0.208. The minimum Gasteiger partial charge on any atom is -0.495 e. The molecule has 3 aliphatic carbocycles. The number of methoxy groups -OCH3 is 1. The maximum absolute atomic E-state index is 13.2. The van der Waals surface area contributed by atoms with Gasteiger partial charge in [0.2, 0.25) is 5.91 Å². The Morgan fingerprint density at radius 1 is 1.43 bits per heavy atom. The molecule has 0 spiro atoms. The molecular weight excluding hydrogens is 561 g/mol. The van der Waals surface area contributed by atoms with Gasteiger partial charge in [0.15, 0.2) is 0 Å². The molecule has 2 bridgehead atoms. The van der Waals surface area contributed by atoms with Gasteiger partial charge in [-0.1, -0.05) is 38.0 Å². The standard InChI is InChI=1S/C25H38IN5O4/c1-15(32)9-19(12-28-30-27)35-31(13-17-7-6-8-21(26)24(17)34-5)14-23(33)29-22-11-18-10-20(16(22)2)25(18,3)4/h6-8,15-16,18-20,22,32H,9-14H2,1-5H3,(H,29,33)/t15-,16-,18+,19+,20-,22-/m0/s1. The zero-order valence-corrected chi connectivity index (χ0v) is 23.4. The number of aliphatic hydroxyl groups excluding tert-OH is 1. The molecule has 0 aliphatic heterocycles. The summed E-state index contributed by atoms with van der Waals surface area (Å²) in [7, 11) is 1.62. The van der Waals surface area contributed by atoms with Gasteiger partial charge in [-0.25, -0.2) is 0 Å². The number of halogens is 1. The van der Waals surface area contributed by atoms with E-state index in [1.54, 1.807) is 19.1 Å². The van der Waals surface area contributed by atoms with Gasteiger partial charge in [0.05, 0.1) is 36.0 Å². The first-order valence-electron chi connectivity index (χ1n) is 12.3. The Bertz CT molecular complexity index is 936. The summed E-state index contributed by atoms with van der Waals surface area (Å²) in [6, 6.07) is 5.98. The Labute approximate surface area is 221 Å². The van der Waals surface area contributed by atoms with E-state index in [0.717, 1.165) is 21.3 Å². The number of carbonyl (C=O) groups is 1. The van der Waals surface area contributed by atoms with Gasteiger partial charge in [0, 0.05) is 22.9 Å². The van der Waals surface area contributed by atoms with Gasteiger partial charge in [0.25, 0.3) is 0 Å². The molecule has 1 aromatic rings. The number of azide groups is 1. The zero-order valence-electron chi connectivity index (χ0n) is 21.3.